The summed E-state index contributed by atoms with van der Waals surface area (Å²) in [6.45, 7) is 4.44. The molecule has 1 aromatic carbocycles. The number of hydrogen-bond acceptors (Lipinski definition) is 4. The Kier molecular flexibility index (Phi) is 4.80. The topological polar surface area (TPSA) is 56.5 Å². The Bertz CT molecular complexity index is 386. The van der Waals surface area contributed by atoms with Crippen molar-refractivity contribution in [2.45, 2.75) is 31.4 Å². The summed E-state index contributed by atoms with van der Waals surface area (Å²) in [6.07, 6.45) is 2.26. The highest BCUT2D eigenvalue weighted by Crippen LogP contribution is 2.25. The van der Waals surface area contributed by atoms with Crippen LogP contribution in [0.3, 0.4) is 0 Å². The van der Waals surface area contributed by atoms with E-state index in [4.69, 9.17) is 15.2 Å². The minimum Gasteiger partial charge on any atom is -0.497 e. The summed E-state index contributed by atoms with van der Waals surface area (Å²) in [4.78, 5) is 0. The molecule has 4 nitrogen and oxygen atoms in total. The van der Waals surface area contributed by atoms with E-state index in [0.717, 1.165) is 31.7 Å². The third-order valence-corrected chi connectivity index (χ3v) is 3.78. The highest BCUT2D eigenvalue weighted by Gasteiger charge is 2.30. The summed E-state index contributed by atoms with van der Waals surface area (Å²) in [5.74, 6) is 0.866. The fourth-order valence-electron chi connectivity index (χ4n) is 2.49. The molecule has 0 spiro atoms. The van der Waals surface area contributed by atoms with Crippen LogP contribution in [0, 0.1) is 0 Å². The summed E-state index contributed by atoms with van der Waals surface area (Å²) >= 11 is 0. The predicted octanol–water partition coefficient (Wildman–Crippen LogP) is 1.85. The average molecular weight is 264 g/mol. The maximum absolute atomic E-state index is 5.87. The lowest BCUT2D eigenvalue weighted by Crippen LogP contribution is -2.40. The van der Waals surface area contributed by atoms with Gasteiger partial charge in [0.2, 0.25) is 0 Å². The van der Waals surface area contributed by atoms with Gasteiger partial charge in [-0.2, -0.15) is 0 Å². The van der Waals surface area contributed by atoms with E-state index in [2.05, 4.69) is 24.4 Å². The van der Waals surface area contributed by atoms with Crippen LogP contribution in [0.25, 0.3) is 0 Å². The second-order valence-corrected chi connectivity index (χ2v) is 5.34. The van der Waals surface area contributed by atoms with E-state index in [0.29, 0.717) is 6.54 Å². The first-order chi connectivity index (χ1) is 9.17. The van der Waals surface area contributed by atoms with Crippen LogP contribution in [0.15, 0.2) is 24.3 Å². The number of hydrogen-bond donors (Lipinski definition) is 2. The molecular weight excluding hydrogens is 240 g/mol. The first-order valence-corrected chi connectivity index (χ1v) is 6.88. The van der Waals surface area contributed by atoms with Crippen LogP contribution in [-0.4, -0.2) is 32.4 Å². The van der Waals surface area contributed by atoms with Crippen molar-refractivity contribution in [2.75, 3.05) is 26.8 Å². The molecule has 0 aliphatic carbocycles. The zero-order chi connectivity index (χ0) is 13.7. The van der Waals surface area contributed by atoms with Crippen LogP contribution in [0.4, 0.5) is 0 Å². The number of benzene rings is 1. The number of rotatable bonds is 6. The van der Waals surface area contributed by atoms with E-state index in [1.54, 1.807) is 7.11 Å². The van der Waals surface area contributed by atoms with Crippen molar-refractivity contribution in [3.63, 3.8) is 0 Å². The molecule has 1 aliphatic rings. The standard InChI is InChI=1S/C15H24N2O2/c1-15(8-3-9-19-15)11-17-14(10-16)12-4-6-13(18-2)7-5-12/h4-7,14,17H,3,8-11,16H2,1-2H3. The van der Waals surface area contributed by atoms with Gasteiger partial charge in [0.05, 0.1) is 12.7 Å². The molecule has 106 valence electrons. The molecule has 0 amide bonds. The van der Waals surface area contributed by atoms with Gasteiger partial charge < -0.3 is 20.5 Å². The Morgan fingerprint density at radius 1 is 1.42 bits per heavy atom. The van der Waals surface area contributed by atoms with Crippen molar-refractivity contribution < 1.29 is 9.47 Å². The van der Waals surface area contributed by atoms with E-state index in [1.807, 2.05) is 12.1 Å². The summed E-state index contributed by atoms with van der Waals surface area (Å²) in [7, 11) is 1.67. The van der Waals surface area contributed by atoms with Crippen LogP contribution in [0.5, 0.6) is 5.75 Å². The monoisotopic (exact) mass is 264 g/mol. The summed E-state index contributed by atoms with van der Waals surface area (Å²) in [5.41, 5.74) is 7.01. The van der Waals surface area contributed by atoms with Crippen LogP contribution in [-0.2, 0) is 4.74 Å². The lowest BCUT2D eigenvalue weighted by atomic mass is 10.0. The minimum absolute atomic E-state index is 0.0418. The van der Waals surface area contributed by atoms with Gasteiger partial charge in [-0.15, -0.1) is 0 Å². The predicted molar refractivity (Wildman–Crippen MR) is 76.4 cm³/mol. The van der Waals surface area contributed by atoms with E-state index in [9.17, 15) is 0 Å². The number of nitrogens with one attached hydrogen (secondary N) is 1. The Balaban J connectivity index is 1.95. The molecule has 0 bridgehead atoms. The molecule has 2 unspecified atom stereocenters. The molecule has 1 heterocycles. The summed E-state index contributed by atoms with van der Waals surface area (Å²) < 4.78 is 11.0. The molecule has 1 saturated heterocycles. The fourth-order valence-corrected chi connectivity index (χ4v) is 2.49. The van der Waals surface area contributed by atoms with Crippen LogP contribution in [0.2, 0.25) is 0 Å². The van der Waals surface area contributed by atoms with E-state index < -0.39 is 0 Å². The van der Waals surface area contributed by atoms with Crippen LogP contribution < -0.4 is 15.8 Å². The van der Waals surface area contributed by atoms with Gasteiger partial charge in [0.1, 0.15) is 5.75 Å². The van der Waals surface area contributed by atoms with Gasteiger partial charge in [0.15, 0.2) is 0 Å². The molecule has 3 N–H and O–H groups in total. The molecule has 0 radical (unpaired) electrons. The summed E-state index contributed by atoms with van der Waals surface area (Å²) in [5, 5.41) is 3.51. The molecule has 1 fully saturated rings. The lowest BCUT2D eigenvalue weighted by molar-refractivity contribution is 0.0189. The highest BCUT2D eigenvalue weighted by atomic mass is 16.5. The Morgan fingerprint density at radius 3 is 2.68 bits per heavy atom. The normalized spacial score (nSPS) is 24.4. The quantitative estimate of drug-likeness (QED) is 0.823. The van der Waals surface area contributed by atoms with E-state index in [1.165, 1.54) is 5.56 Å². The first-order valence-electron chi connectivity index (χ1n) is 6.88. The third-order valence-electron chi connectivity index (χ3n) is 3.78. The number of nitrogens with two attached hydrogens (primary N) is 1. The lowest BCUT2D eigenvalue weighted by Gasteiger charge is -2.27. The fraction of sp³-hybridized carbons (Fsp3) is 0.600. The van der Waals surface area contributed by atoms with Gasteiger partial charge in [-0.3, -0.25) is 0 Å². The SMILES string of the molecule is COc1ccc(C(CN)NCC2(C)CCCO2)cc1. The summed E-state index contributed by atoms with van der Waals surface area (Å²) in [6, 6.07) is 8.20. The molecule has 0 saturated carbocycles. The Labute approximate surface area is 115 Å². The maximum Gasteiger partial charge on any atom is 0.118 e. The number of methoxy groups -OCH3 is 1. The average Bonchev–Trinajstić information content (AvgIpc) is 2.87. The van der Waals surface area contributed by atoms with E-state index >= 15 is 0 Å². The largest absolute Gasteiger partial charge is 0.497 e. The van der Waals surface area contributed by atoms with Gasteiger partial charge in [0, 0.05) is 25.7 Å². The second kappa shape index (κ2) is 6.37. The molecule has 2 atom stereocenters. The van der Waals surface area contributed by atoms with Crippen molar-refractivity contribution in [3.8, 4) is 5.75 Å². The minimum atomic E-state index is -0.0418. The first kappa shape index (κ1) is 14.3. The van der Waals surface area contributed by atoms with Gasteiger partial charge >= 0.3 is 0 Å². The molecule has 19 heavy (non-hydrogen) atoms. The Morgan fingerprint density at radius 2 is 2.16 bits per heavy atom. The van der Waals surface area contributed by atoms with Gasteiger partial charge in [-0.1, -0.05) is 12.1 Å². The molecule has 4 heteroatoms. The molecular formula is C15H24N2O2. The molecule has 1 aromatic rings. The molecule has 1 aliphatic heterocycles. The van der Waals surface area contributed by atoms with Crippen molar-refractivity contribution in [1.82, 2.24) is 5.32 Å². The third kappa shape index (κ3) is 3.69. The zero-order valence-corrected chi connectivity index (χ0v) is 11.8. The van der Waals surface area contributed by atoms with Crippen LogP contribution in [0.1, 0.15) is 31.4 Å². The van der Waals surface area contributed by atoms with Crippen molar-refractivity contribution in [3.05, 3.63) is 29.8 Å². The van der Waals surface area contributed by atoms with Crippen molar-refractivity contribution in [2.24, 2.45) is 5.73 Å². The van der Waals surface area contributed by atoms with E-state index in [-0.39, 0.29) is 11.6 Å². The Hall–Kier alpha value is -1.10. The molecule has 2 rings (SSSR count). The van der Waals surface area contributed by atoms with Gasteiger partial charge in [-0.05, 0) is 37.5 Å². The van der Waals surface area contributed by atoms with Gasteiger partial charge in [0.25, 0.3) is 0 Å². The van der Waals surface area contributed by atoms with Crippen molar-refractivity contribution in [1.29, 1.82) is 0 Å². The highest BCUT2D eigenvalue weighted by molar-refractivity contribution is 5.29. The van der Waals surface area contributed by atoms with Gasteiger partial charge in [-0.25, -0.2) is 0 Å². The smallest absolute Gasteiger partial charge is 0.118 e. The van der Waals surface area contributed by atoms with Crippen LogP contribution >= 0.6 is 0 Å². The second-order valence-electron chi connectivity index (χ2n) is 5.34. The number of ether oxygens (including phenoxy) is 2. The molecule has 0 aromatic heterocycles. The zero-order valence-electron chi connectivity index (χ0n) is 11.8. The maximum atomic E-state index is 5.87. The van der Waals surface area contributed by atoms with Crippen molar-refractivity contribution >= 4 is 0 Å².